The fourth-order valence-corrected chi connectivity index (χ4v) is 8.79. The first-order valence-corrected chi connectivity index (χ1v) is 22.6. The highest BCUT2D eigenvalue weighted by Gasteiger charge is 2.40. The zero-order valence-electron chi connectivity index (χ0n) is 37.1. The SMILES string of the molecule is C=C[C@@H](CN(Cc1ncc(-c2ccc(-c3ccc(-c4cnc([C@@H]5C(=C)CCN5C(=O)[C@@H](NC(=O)OC)C(C)C)n4I)cc3)cc2)[nH]1)C(=O)[C@H](NC(=O)C1CC1)c1ccccc1)C(=C)OC. The van der Waals surface area contributed by atoms with Crippen LogP contribution >= 0.6 is 22.9 Å². The predicted molar refractivity (Wildman–Crippen MR) is 258 cm³/mol. The molecule has 2 aliphatic rings. The lowest BCUT2D eigenvalue weighted by atomic mass is 10.0. The number of rotatable bonds is 18. The average Bonchev–Trinajstić information content (AvgIpc) is 3.80. The zero-order valence-corrected chi connectivity index (χ0v) is 39.3. The summed E-state index contributed by atoms with van der Waals surface area (Å²) in [5.74, 6) is 0.528. The van der Waals surface area contributed by atoms with Gasteiger partial charge in [0, 0.05) is 24.6 Å². The average molecular weight is 991 g/mol. The topological polar surface area (TPSA) is 164 Å². The van der Waals surface area contributed by atoms with E-state index < -0.39 is 24.2 Å². The van der Waals surface area contributed by atoms with Gasteiger partial charge in [0.2, 0.25) is 17.7 Å². The zero-order chi connectivity index (χ0) is 46.4. The van der Waals surface area contributed by atoms with Crippen LogP contribution < -0.4 is 10.6 Å². The number of halogens is 1. The first-order valence-electron chi connectivity index (χ1n) is 21.6. The number of nitrogens with one attached hydrogen (secondary N) is 3. The number of aromatic amines is 1. The van der Waals surface area contributed by atoms with Crippen LogP contribution in [0.2, 0.25) is 0 Å². The van der Waals surface area contributed by atoms with Crippen molar-refractivity contribution < 1.29 is 28.7 Å². The molecule has 0 radical (unpaired) electrons. The molecule has 4 amide bonds. The number of H-pyrrole nitrogens is 1. The van der Waals surface area contributed by atoms with Gasteiger partial charge in [0.25, 0.3) is 0 Å². The minimum Gasteiger partial charge on any atom is -0.501 e. The van der Waals surface area contributed by atoms with Crippen molar-refractivity contribution in [3.8, 4) is 33.6 Å². The van der Waals surface area contributed by atoms with Crippen LogP contribution in [-0.2, 0) is 30.4 Å². The fraction of sp³-hybridized carbons (Fsp3) is 0.320. The van der Waals surface area contributed by atoms with E-state index in [0.717, 1.165) is 52.1 Å². The van der Waals surface area contributed by atoms with Gasteiger partial charge in [-0.05, 0) is 53.0 Å². The Morgan fingerprint density at radius 3 is 2.15 bits per heavy atom. The molecule has 1 aliphatic carbocycles. The smallest absolute Gasteiger partial charge is 0.407 e. The number of carbonyl (C=O) groups excluding carboxylic acids is 4. The molecule has 15 heteroatoms. The van der Waals surface area contributed by atoms with Crippen LogP contribution in [0.25, 0.3) is 33.6 Å². The lowest BCUT2D eigenvalue weighted by Crippen LogP contribution is -2.51. The Labute approximate surface area is 393 Å². The highest BCUT2D eigenvalue weighted by molar-refractivity contribution is 14.1. The van der Waals surface area contributed by atoms with Crippen LogP contribution in [0.4, 0.5) is 4.79 Å². The van der Waals surface area contributed by atoms with Crippen molar-refractivity contribution in [2.24, 2.45) is 17.8 Å². The predicted octanol–water partition coefficient (Wildman–Crippen LogP) is 8.57. The number of aromatic nitrogens is 4. The number of alkyl carbamates (subject to hydrolysis) is 1. The van der Waals surface area contributed by atoms with E-state index in [0.29, 0.717) is 35.9 Å². The third-order valence-electron chi connectivity index (χ3n) is 12.0. The number of carbonyl (C=O) groups is 4. The summed E-state index contributed by atoms with van der Waals surface area (Å²) >= 11 is 2.22. The maximum Gasteiger partial charge on any atom is 0.407 e. The number of hydrogen-bond acceptors (Lipinski definition) is 8. The van der Waals surface area contributed by atoms with Gasteiger partial charge in [0.15, 0.2) is 0 Å². The maximum absolute atomic E-state index is 14.5. The number of likely N-dealkylation sites (tertiary alicyclic amines) is 1. The van der Waals surface area contributed by atoms with E-state index in [2.05, 4.69) is 87.5 Å². The Balaban J connectivity index is 1.06. The first-order chi connectivity index (χ1) is 31.3. The second-order valence-electron chi connectivity index (χ2n) is 16.7. The third kappa shape index (κ3) is 10.6. The standard InChI is InChI=1S/C50H55IN8O6/c1-8-33(32(5)64-6)28-57(48(61)44(38-12-10-9-11-13-38)55-47(60)39-22-23-39)29-42-52-26-40(54-42)36-18-14-34(15-19-36)35-16-20-37(21-17-35)41-27-53-46(59(41)51)45-31(4)24-25-58(45)49(62)43(30(2)3)56-50(63)65-7/h8-21,26-27,30,33,39,43-45H,1,4-5,22-25,28-29H2,2-3,6-7H3,(H,52,54)(H,55,60)(H,56,63)/t33-,43-,44+,45-/m0/s1. The lowest BCUT2D eigenvalue weighted by Gasteiger charge is -2.30. The van der Waals surface area contributed by atoms with Crippen LogP contribution in [0.5, 0.6) is 0 Å². The number of ether oxygens (including phenoxy) is 2. The lowest BCUT2D eigenvalue weighted by molar-refractivity contribution is -0.138. The minimum absolute atomic E-state index is 0.0740. The molecule has 3 aromatic carbocycles. The molecule has 65 heavy (non-hydrogen) atoms. The molecule has 3 heterocycles. The number of imidazole rings is 2. The molecule has 1 aliphatic heterocycles. The van der Waals surface area contributed by atoms with Gasteiger partial charge in [-0.1, -0.05) is 112 Å². The molecular weight excluding hydrogens is 936 g/mol. The molecule has 0 spiro atoms. The van der Waals surface area contributed by atoms with E-state index in [9.17, 15) is 19.2 Å². The summed E-state index contributed by atoms with van der Waals surface area (Å²) in [6, 6.07) is 23.6. The second-order valence-corrected chi connectivity index (χ2v) is 17.7. The largest absolute Gasteiger partial charge is 0.501 e. The molecule has 2 fully saturated rings. The summed E-state index contributed by atoms with van der Waals surface area (Å²) in [6.07, 6.45) is 6.88. The molecule has 14 nitrogen and oxygen atoms in total. The van der Waals surface area contributed by atoms with E-state index in [4.69, 9.17) is 14.5 Å². The van der Waals surface area contributed by atoms with Crippen LogP contribution in [0.15, 0.2) is 128 Å². The van der Waals surface area contributed by atoms with Crippen LogP contribution in [0, 0.1) is 17.8 Å². The van der Waals surface area contributed by atoms with E-state index in [1.54, 1.807) is 22.1 Å². The van der Waals surface area contributed by atoms with E-state index in [1.165, 1.54) is 14.2 Å². The Morgan fingerprint density at radius 1 is 0.908 bits per heavy atom. The van der Waals surface area contributed by atoms with Crippen molar-refractivity contribution >= 4 is 46.7 Å². The van der Waals surface area contributed by atoms with E-state index >= 15 is 0 Å². The molecule has 0 unspecified atom stereocenters. The number of nitrogens with zero attached hydrogens (tertiary/aromatic N) is 5. The molecule has 5 aromatic rings. The van der Waals surface area contributed by atoms with Gasteiger partial charge in [-0.3, -0.25) is 17.2 Å². The normalized spacial score (nSPS) is 16.1. The van der Waals surface area contributed by atoms with Gasteiger partial charge in [-0.25, -0.2) is 14.8 Å². The molecule has 7 rings (SSSR count). The molecule has 4 atom stereocenters. The summed E-state index contributed by atoms with van der Waals surface area (Å²) in [7, 11) is 2.82. The number of hydrogen-bond donors (Lipinski definition) is 3. The summed E-state index contributed by atoms with van der Waals surface area (Å²) in [5.41, 5.74) is 7.15. The van der Waals surface area contributed by atoms with Gasteiger partial charge in [-0.15, -0.1) is 6.58 Å². The van der Waals surface area contributed by atoms with Crippen molar-refractivity contribution in [1.82, 2.24) is 38.2 Å². The molecule has 0 bridgehead atoms. The summed E-state index contributed by atoms with van der Waals surface area (Å²) in [4.78, 5) is 69.7. The monoisotopic (exact) mass is 990 g/mol. The summed E-state index contributed by atoms with van der Waals surface area (Å²) in [6.45, 7) is 16.9. The fourth-order valence-electron chi connectivity index (χ4n) is 8.00. The van der Waals surface area contributed by atoms with Crippen LogP contribution in [0.1, 0.15) is 62.4 Å². The summed E-state index contributed by atoms with van der Waals surface area (Å²) < 4.78 is 12.2. The highest BCUT2D eigenvalue weighted by Crippen LogP contribution is 2.39. The molecular formula is C50H55IN8O6. The van der Waals surface area contributed by atoms with E-state index in [-0.39, 0.29) is 48.6 Å². The molecule has 1 saturated heterocycles. The Bertz CT molecular complexity index is 2550. The van der Waals surface area contributed by atoms with Gasteiger partial charge in [-0.2, -0.15) is 0 Å². The van der Waals surface area contributed by atoms with Crippen molar-refractivity contribution in [3.05, 3.63) is 146 Å². The van der Waals surface area contributed by atoms with Crippen LogP contribution in [0.3, 0.4) is 0 Å². The molecule has 1 saturated carbocycles. The van der Waals surface area contributed by atoms with Crippen molar-refractivity contribution in [2.75, 3.05) is 27.3 Å². The molecule has 338 valence electrons. The van der Waals surface area contributed by atoms with Crippen LogP contribution in [-0.4, -0.2) is 84.7 Å². The van der Waals surface area contributed by atoms with Gasteiger partial charge in [0.05, 0.1) is 79.1 Å². The molecule has 3 N–H and O–H groups in total. The van der Waals surface area contributed by atoms with Crippen molar-refractivity contribution in [1.29, 1.82) is 0 Å². The van der Waals surface area contributed by atoms with Gasteiger partial charge in [0.1, 0.15) is 29.8 Å². The minimum atomic E-state index is -0.884. The van der Waals surface area contributed by atoms with Gasteiger partial charge < -0.3 is 34.9 Å². The Kier molecular flexibility index (Phi) is 14.7. The quantitative estimate of drug-likeness (QED) is 0.0447. The molecule has 2 aromatic heterocycles. The first kappa shape index (κ1) is 46.5. The number of methoxy groups -OCH3 is 2. The van der Waals surface area contributed by atoms with Crippen molar-refractivity contribution in [2.45, 2.75) is 57.8 Å². The second kappa shape index (κ2) is 20.6. The third-order valence-corrected chi connectivity index (χ3v) is 13.0. The van der Waals surface area contributed by atoms with Gasteiger partial charge >= 0.3 is 6.09 Å². The number of benzene rings is 3. The van der Waals surface area contributed by atoms with E-state index in [1.807, 2.05) is 77.4 Å². The van der Waals surface area contributed by atoms with Crippen molar-refractivity contribution in [3.63, 3.8) is 0 Å². The maximum atomic E-state index is 14.5. The Hall–Kier alpha value is -6.49. The Morgan fingerprint density at radius 2 is 1.55 bits per heavy atom. The number of amides is 4. The highest BCUT2D eigenvalue weighted by atomic mass is 127. The summed E-state index contributed by atoms with van der Waals surface area (Å²) in [5, 5.41) is 5.71.